The van der Waals surface area contributed by atoms with Crippen LogP contribution >= 0.6 is 0 Å². The molecule has 6 nitrogen and oxygen atoms in total. The maximum Gasteiger partial charge on any atom is 0.282 e. The Kier molecular flexibility index (Phi) is 4.89. The zero-order valence-corrected chi connectivity index (χ0v) is 14.6. The molecule has 0 radical (unpaired) electrons. The number of rotatable bonds is 4. The highest BCUT2D eigenvalue weighted by molar-refractivity contribution is 7.86. The number of hydrogen-bond acceptors (Lipinski definition) is 4. The molecule has 7 heteroatoms. The fourth-order valence-electron chi connectivity index (χ4n) is 3.57. The predicted molar refractivity (Wildman–Crippen MR) is 88.3 cm³/mol. The van der Waals surface area contributed by atoms with E-state index in [-0.39, 0.29) is 6.10 Å². The van der Waals surface area contributed by atoms with Crippen molar-refractivity contribution in [2.75, 3.05) is 26.2 Å². The molecule has 0 bridgehead atoms. The molecule has 0 aliphatic carbocycles. The molecule has 0 N–H and O–H groups in total. The van der Waals surface area contributed by atoms with Crippen LogP contribution in [-0.2, 0) is 10.2 Å². The molecule has 3 rings (SSSR count). The van der Waals surface area contributed by atoms with Crippen LogP contribution in [0.25, 0.3) is 0 Å². The van der Waals surface area contributed by atoms with E-state index < -0.39 is 10.2 Å². The Morgan fingerprint density at radius 3 is 2.57 bits per heavy atom. The van der Waals surface area contributed by atoms with Gasteiger partial charge in [0.05, 0.1) is 12.7 Å². The van der Waals surface area contributed by atoms with E-state index in [1.165, 1.54) is 0 Å². The first-order valence-electron chi connectivity index (χ1n) is 8.27. The third-order valence-electron chi connectivity index (χ3n) is 4.53. The van der Waals surface area contributed by atoms with Gasteiger partial charge < -0.3 is 4.74 Å². The number of pyridine rings is 1. The first-order valence-corrected chi connectivity index (χ1v) is 9.66. The van der Waals surface area contributed by atoms with Gasteiger partial charge in [-0.25, -0.2) is 0 Å². The summed E-state index contributed by atoms with van der Waals surface area (Å²) in [5.41, 5.74) is 0. The lowest BCUT2D eigenvalue weighted by molar-refractivity contribution is 0.199. The fraction of sp³-hybridized carbons (Fsp3) is 0.688. The van der Waals surface area contributed by atoms with Crippen LogP contribution in [0.1, 0.15) is 26.7 Å². The van der Waals surface area contributed by atoms with Crippen LogP contribution in [0, 0.1) is 11.8 Å². The van der Waals surface area contributed by atoms with Gasteiger partial charge in [0, 0.05) is 25.8 Å². The van der Waals surface area contributed by atoms with Gasteiger partial charge in [-0.2, -0.15) is 17.0 Å². The van der Waals surface area contributed by atoms with Gasteiger partial charge in [0.1, 0.15) is 11.9 Å². The summed E-state index contributed by atoms with van der Waals surface area (Å²) in [5.74, 6) is 1.52. The summed E-state index contributed by atoms with van der Waals surface area (Å²) < 4.78 is 34.8. The largest absolute Gasteiger partial charge is 0.487 e. The van der Waals surface area contributed by atoms with Crippen molar-refractivity contribution in [3.05, 3.63) is 24.5 Å². The lowest BCUT2D eigenvalue weighted by Crippen LogP contribution is -2.49. The molecule has 2 fully saturated rings. The highest BCUT2D eigenvalue weighted by Gasteiger charge is 2.39. The first kappa shape index (κ1) is 16.7. The Morgan fingerprint density at radius 2 is 1.91 bits per heavy atom. The molecular formula is C16H25N3O3S. The molecular weight excluding hydrogens is 314 g/mol. The molecule has 2 aliphatic heterocycles. The van der Waals surface area contributed by atoms with Crippen LogP contribution < -0.4 is 4.74 Å². The zero-order chi connectivity index (χ0) is 16.4. The first-order chi connectivity index (χ1) is 10.9. The van der Waals surface area contributed by atoms with Crippen LogP contribution in [-0.4, -0.2) is 54.3 Å². The summed E-state index contributed by atoms with van der Waals surface area (Å²) in [6.45, 7) is 6.42. The highest BCUT2D eigenvalue weighted by atomic mass is 32.2. The van der Waals surface area contributed by atoms with E-state index >= 15 is 0 Å². The average Bonchev–Trinajstić information content (AvgIpc) is 2.96. The highest BCUT2D eigenvalue weighted by Crippen LogP contribution is 2.27. The Morgan fingerprint density at radius 1 is 1.17 bits per heavy atom. The monoisotopic (exact) mass is 339 g/mol. The van der Waals surface area contributed by atoms with E-state index in [1.807, 2.05) is 12.1 Å². The van der Waals surface area contributed by atoms with Gasteiger partial charge in [-0.05, 0) is 36.8 Å². The summed E-state index contributed by atoms with van der Waals surface area (Å²) in [6.07, 6.45) is 5.06. The normalized spacial score (nSPS) is 30.4. The van der Waals surface area contributed by atoms with Gasteiger partial charge in [0.2, 0.25) is 0 Å². The molecule has 0 saturated carbocycles. The third-order valence-corrected chi connectivity index (χ3v) is 6.47. The molecule has 0 spiro atoms. The number of nitrogens with zero attached hydrogens (tertiary/aromatic N) is 3. The Balaban J connectivity index is 1.63. The molecule has 1 aromatic heterocycles. The zero-order valence-electron chi connectivity index (χ0n) is 13.8. The van der Waals surface area contributed by atoms with Gasteiger partial charge in [-0.15, -0.1) is 0 Å². The van der Waals surface area contributed by atoms with Crippen LogP contribution in [0.2, 0.25) is 0 Å². The van der Waals surface area contributed by atoms with Crippen LogP contribution in [0.15, 0.2) is 24.5 Å². The Labute approximate surface area is 138 Å². The second-order valence-corrected chi connectivity index (χ2v) is 8.77. The number of ether oxygens (including phenoxy) is 1. The standard InChI is InChI=1S/C16H25N3O3S/c1-13-8-14(2)11-19(10-13)23(20,21)18-7-5-16(12-18)22-15-4-3-6-17-9-15/h3-4,6,9,13-14,16H,5,7-8,10-12H2,1-2H3/t13-,14+,16-/m0/s1. The smallest absolute Gasteiger partial charge is 0.282 e. The molecule has 23 heavy (non-hydrogen) atoms. The van der Waals surface area contributed by atoms with Crippen molar-refractivity contribution in [3.63, 3.8) is 0 Å². The Bertz CT molecular complexity index is 613. The molecule has 1 aromatic rings. The predicted octanol–water partition coefficient (Wildman–Crippen LogP) is 1.76. The minimum atomic E-state index is -3.38. The van der Waals surface area contributed by atoms with E-state index in [0.717, 1.165) is 6.42 Å². The summed E-state index contributed by atoms with van der Waals surface area (Å²) >= 11 is 0. The van der Waals surface area contributed by atoms with Gasteiger partial charge in [0.25, 0.3) is 10.2 Å². The van der Waals surface area contributed by atoms with Crippen LogP contribution in [0.5, 0.6) is 5.75 Å². The molecule has 0 unspecified atom stereocenters. The quantitative estimate of drug-likeness (QED) is 0.838. The molecule has 0 aromatic carbocycles. The van der Waals surface area contributed by atoms with Crippen molar-refractivity contribution in [2.45, 2.75) is 32.8 Å². The molecule has 3 atom stereocenters. The maximum absolute atomic E-state index is 12.9. The van der Waals surface area contributed by atoms with Gasteiger partial charge in [0.15, 0.2) is 0 Å². The molecule has 3 heterocycles. The lowest BCUT2D eigenvalue weighted by Gasteiger charge is -2.36. The summed E-state index contributed by atoms with van der Waals surface area (Å²) in [4.78, 5) is 4.02. The third kappa shape index (κ3) is 3.84. The van der Waals surface area contributed by atoms with E-state index in [9.17, 15) is 8.42 Å². The molecule has 2 aliphatic rings. The van der Waals surface area contributed by atoms with Crippen molar-refractivity contribution >= 4 is 10.2 Å². The Hall–Kier alpha value is -1.18. The fourth-order valence-corrected chi connectivity index (χ4v) is 5.47. The van der Waals surface area contributed by atoms with E-state index in [1.54, 1.807) is 21.0 Å². The van der Waals surface area contributed by atoms with Crippen molar-refractivity contribution in [3.8, 4) is 5.75 Å². The minimum absolute atomic E-state index is 0.103. The van der Waals surface area contributed by atoms with Crippen LogP contribution in [0.3, 0.4) is 0 Å². The topological polar surface area (TPSA) is 62.7 Å². The van der Waals surface area contributed by atoms with Gasteiger partial charge >= 0.3 is 0 Å². The molecule has 128 valence electrons. The molecule has 2 saturated heterocycles. The lowest BCUT2D eigenvalue weighted by atomic mass is 9.94. The van der Waals surface area contributed by atoms with E-state index in [0.29, 0.717) is 50.2 Å². The molecule has 0 amide bonds. The van der Waals surface area contributed by atoms with Crippen molar-refractivity contribution in [2.24, 2.45) is 11.8 Å². The minimum Gasteiger partial charge on any atom is -0.487 e. The number of piperidine rings is 1. The van der Waals surface area contributed by atoms with Gasteiger partial charge in [-0.3, -0.25) is 4.98 Å². The SMILES string of the molecule is C[C@@H]1C[C@H](C)CN(S(=O)(=O)N2CC[C@H](Oc3cccnc3)C2)C1. The summed E-state index contributed by atoms with van der Waals surface area (Å²) in [5, 5.41) is 0. The second-order valence-electron chi connectivity index (χ2n) is 6.85. The van der Waals surface area contributed by atoms with Crippen molar-refractivity contribution < 1.29 is 13.2 Å². The van der Waals surface area contributed by atoms with E-state index in [4.69, 9.17) is 4.74 Å². The van der Waals surface area contributed by atoms with Crippen LogP contribution in [0.4, 0.5) is 0 Å². The summed E-state index contributed by atoms with van der Waals surface area (Å²) in [6, 6.07) is 3.66. The number of hydrogen-bond donors (Lipinski definition) is 0. The van der Waals surface area contributed by atoms with Crippen molar-refractivity contribution in [1.82, 2.24) is 13.6 Å². The maximum atomic E-state index is 12.9. The van der Waals surface area contributed by atoms with E-state index in [2.05, 4.69) is 18.8 Å². The van der Waals surface area contributed by atoms with Gasteiger partial charge in [-0.1, -0.05) is 13.8 Å². The second kappa shape index (κ2) is 6.75. The number of aromatic nitrogens is 1. The average molecular weight is 339 g/mol. The summed E-state index contributed by atoms with van der Waals surface area (Å²) in [7, 11) is -3.38. The van der Waals surface area contributed by atoms with Crippen molar-refractivity contribution in [1.29, 1.82) is 0 Å².